The van der Waals surface area contributed by atoms with Crippen LogP contribution in [-0.4, -0.2) is 12.0 Å². The fraction of sp³-hybridized carbons (Fsp3) is 0.188. The van der Waals surface area contributed by atoms with Crippen molar-refractivity contribution in [1.29, 1.82) is 0 Å². The molecule has 1 unspecified atom stereocenters. The summed E-state index contributed by atoms with van der Waals surface area (Å²) in [5.74, 6) is -1.88. The highest BCUT2D eigenvalue weighted by Gasteiger charge is 2.39. The van der Waals surface area contributed by atoms with Gasteiger partial charge in [0, 0.05) is 11.5 Å². The van der Waals surface area contributed by atoms with E-state index < -0.39 is 12.0 Å². The lowest BCUT2D eigenvalue weighted by atomic mass is 9.91. The van der Waals surface area contributed by atoms with Gasteiger partial charge in [-0.3, -0.25) is 4.79 Å². The first kappa shape index (κ1) is 14.3. The molecule has 4 heteroatoms. The van der Waals surface area contributed by atoms with Crippen molar-refractivity contribution in [2.24, 2.45) is 0 Å². The van der Waals surface area contributed by atoms with Crippen molar-refractivity contribution in [3.8, 4) is 0 Å². The van der Waals surface area contributed by atoms with Crippen LogP contribution >= 0.6 is 0 Å². The first-order valence-corrected chi connectivity index (χ1v) is 6.16. The van der Waals surface area contributed by atoms with Gasteiger partial charge in [-0.05, 0) is 17.2 Å². The van der Waals surface area contributed by atoms with Crippen LogP contribution in [0.3, 0.4) is 0 Å². The van der Waals surface area contributed by atoms with Crippen molar-refractivity contribution in [2.75, 3.05) is 0 Å². The van der Waals surface area contributed by atoms with E-state index in [1.54, 1.807) is 6.07 Å². The van der Waals surface area contributed by atoms with Gasteiger partial charge in [-0.2, -0.15) is 13.2 Å². The normalized spacial score (nSPS) is 13.0. The maximum absolute atomic E-state index is 12.4. The van der Waals surface area contributed by atoms with Crippen molar-refractivity contribution in [3.63, 3.8) is 0 Å². The van der Waals surface area contributed by atoms with Gasteiger partial charge >= 0.3 is 6.18 Å². The summed E-state index contributed by atoms with van der Waals surface area (Å²) in [6, 6.07) is 15.1. The molecule has 0 spiro atoms. The summed E-state index contributed by atoms with van der Waals surface area (Å²) in [6.45, 7) is 1.90. The van der Waals surface area contributed by atoms with E-state index in [9.17, 15) is 18.0 Å². The zero-order valence-electron chi connectivity index (χ0n) is 10.8. The molecular weight excluding hydrogens is 265 g/mol. The summed E-state index contributed by atoms with van der Waals surface area (Å²) in [5.41, 5.74) is 1.35. The molecule has 2 rings (SSSR count). The van der Waals surface area contributed by atoms with Gasteiger partial charge in [0.05, 0.1) is 0 Å². The third-order valence-electron chi connectivity index (χ3n) is 3.21. The Morgan fingerprint density at radius 1 is 0.950 bits per heavy atom. The van der Waals surface area contributed by atoms with Gasteiger partial charge in [0.2, 0.25) is 0 Å². The molecular formula is C16H13F3O. The standard InChI is InChI=1S/C16H13F3O/c1-11(12-6-3-2-4-7-12)13-8-5-9-14(10-13)15(20)16(17,18)19/h2-11H,1H3. The number of Topliss-reactive ketones (excluding diaryl/α,β-unsaturated/α-hetero) is 1. The third kappa shape index (κ3) is 3.07. The van der Waals surface area contributed by atoms with E-state index in [4.69, 9.17) is 0 Å². The summed E-state index contributed by atoms with van der Waals surface area (Å²) >= 11 is 0. The number of benzene rings is 2. The number of carbonyl (C=O) groups excluding carboxylic acids is 1. The number of hydrogen-bond donors (Lipinski definition) is 0. The average molecular weight is 278 g/mol. The van der Waals surface area contributed by atoms with Crippen LogP contribution in [0.15, 0.2) is 54.6 Å². The Hall–Kier alpha value is -2.10. The molecule has 0 amide bonds. The second-order valence-corrected chi connectivity index (χ2v) is 4.58. The van der Waals surface area contributed by atoms with E-state index in [-0.39, 0.29) is 11.5 Å². The van der Waals surface area contributed by atoms with Crippen LogP contribution in [0.2, 0.25) is 0 Å². The monoisotopic (exact) mass is 278 g/mol. The fourth-order valence-corrected chi connectivity index (χ4v) is 2.05. The minimum atomic E-state index is -4.84. The highest BCUT2D eigenvalue weighted by Crippen LogP contribution is 2.27. The highest BCUT2D eigenvalue weighted by atomic mass is 19.4. The lowest BCUT2D eigenvalue weighted by molar-refractivity contribution is -0.0885. The van der Waals surface area contributed by atoms with Crippen LogP contribution < -0.4 is 0 Å². The molecule has 0 fully saturated rings. The molecule has 0 radical (unpaired) electrons. The molecule has 1 atom stereocenters. The quantitative estimate of drug-likeness (QED) is 0.751. The Morgan fingerprint density at radius 2 is 1.55 bits per heavy atom. The van der Waals surface area contributed by atoms with Crippen LogP contribution in [0, 0.1) is 0 Å². The van der Waals surface area contributed by atoms with Crippen molar-refractivity contribution in [1.82, 2.24) is 0 Å². The smallest absolute Gasteiger partial charge is 0.284 e. The van der Waals surface area contributed by atoms with E-state index in [0.29, 0.717) is 5.56 Å². The molecule has 2 aromatic rings. The molecule has 0 saturated heterocycles. The zero-order chi connectivity index (χ0) is 14.8. The van der Waals surface area contributed by atoms with Crippen LogP contribution in [0.5, 0.6) is 0 Å². The third-order valence-corrected chi connectivity index (χ3v) is 3.21. The second kappa shape index (κ2) is 5.49. The molecule has 104 valence electrons. The Kier molecular flexibility index (Phi) is 3.93. The number of ketones is 1. The molecule has 0 aliphatic heterocycles. The van der Waals surface area contributed by atoms with Gasteiger partial charge in [-0.25, -0.2) is 0 Å². The van der Waals surface area contributed by atoms with Gasteiger partial charge in [-0.1, -0.05) is 55.5 Å². The Labute approximate surface area is 115 Å². The summed E-state index contributed by atoms with van der Waals surface area (Å²) < 4.78 is 37.3. The average Bonchev–Trinajstić information content (AvgIpc) is 2.46. The van der Waals surface area contributed by atoms with Gasteiger partial charge in [0.1, 0.15) is 0 Å². The summed E-state index contributed by atoms with van der Waals surface area (Å²) in [6.07, 6.45) is -4.84. The summed E-state index contributed by atoms with van der Waals surface area (Å²) in [4.78, 5) is 11.3. The Balaban J connectivity index is 2.33. The van der Waals surface area contributed by atoms with Crippen LogP contribution in [0.1, 0.15) is 34.3 Å². The molecule has 0 bridgehead atoms. The largest absolute Gasteiger partial charge is 0.454 e. The van der Waals surface area contributed by atoms with E-state index in [1.807, 2.05) is 37.3 Å². The van der Waals surface area contributed by atoms with Crippen molar-refractivity contribution < 1.29 is 18.0 Å². The first-order valence-electron chi connectivity index (χ1n) is 6.16. The van der Waals surface area contributed by atoms with Crippen LogP contribution in [-0.2, 0) is 0 Å². The lowest BCUT2D eigenvalue weighted by Gasteiger charge is -2.14. The molecule has 2 aromatic carbocycles. The summed E-state index contributed by atoms with van der Waals surface area (Å²) in [5, 5.41) is 0. The molecule has 0 saturated carbocycles. The Bertz CT molecular complexity index is 603. The zero-order valence-corrected chi connectivity index (χ0v) is 10.8. The molecule has 0 heterocycles. The number of rotatable bonds is 3. The number of alkyl halides is 3. The van der Waals surface area contributed by atoms with Crippen molar-refractivity contribution in [3.05, 3.63) is 71.3 Å². The molecule has 0 aromatic heterocycles. The highest BCUT2D eigenvalue weighted by molar-refractivity contribution is 6.00. The number of halogens is 3. The van der Waals surface area contributed by atoms with Crippen molar-refractivity contribution >= 4 is 5.78 Å². The minimum absolute atomic E-state index is 0.0721. The van der Waals surface area contributed by atoms with Gasteiger partial charge < -0.3 is 0 Å². The number of carbonyl (C=O) groups is 1. The van der Waals surface area contributed by atoms with Crippen molar-refractivity contribution in [2.45, 2.75) is 19.0 Å². The first-order chi connectivity index (χ1) is 9.39. The number of hydrogen-bond acceptors (Lipinski definition) is 1. The van der Waals surface area contributed by atoms with E-state index in [2.05, 4.69) is 0 Å². The second-order valence-electron chi connectivity index (χ2n) is 4.58. The molecule has 20 heavy (non-hydrogen) atoms. The van der Waals surface area contributed by atoms with Crippen LogP contribution in [0.4, 0.5) is 13.2 Å². The molecule has 1 nitrogen and oxygen atoms in total. The minimum Gasteiger partial charge on any atom is -0.284 e. The Morgan fingerprint density at radius 3 is 2.15 bits per heavy atom. The predicted molar refractivity (Wildman–Crippen MR) is 70.8 cm³/mol. The SMILES string of the molecule is CC(c1ccccc1)c1cccc(C(=O)C(F)(F)F)c1. The van der Waals surface area contributed by atoms with E-state index >= 15 is 0 Å². The summed E-state index contributed by atoms with van der Waals surface area (Å²) in [7, 11) is 0. The maximum Gasteiger partial charge on any atom is 0.454 e. The predicted octanol–water partition coefficient (Wildman–Crippen LogP) is 4.58. The van der Waals surface area contributed by atoms with E-state index in [1.165, 1.54) is 18.2 Å². The molecule has 0 aliphatic carbocycles. The maximum atomic E-state index is 12.4. The molecule has 0 N–H and O–H groups in total. The van der Waals surface area contributed by atoms with Crippen LogP contribution in [0.25, 0.3) is 0 Å². The van der Waals surface area contributed by atoms with E-state index in [0.717, 1.165) is 5.56 Å². The van der Waals surface area contributed by atoms with Gasteiger partial charge in [0.25, 0.3) is 5.78 Å². The van der Waals surface area contributed by atoms with Gasteiger partial charge in [0.15, 0.2) is 0 Å². The topological polar surface area (TPSA) is 17.1 Å². The fourth-order valence-electron chi connectivity index (χ4n) is 2.05. The molecule has 0 aliphatic rings. The lowest BCUT2D eigenvalue weighted by Crippen LogP contribution is -2.22. The van der Waals surface area contributed by atoms with Gasteiger partial charge in [-0.15, -0.1) is 0 Å².